The van der Waals surface area contributed by atoms with E-state index in [0.29, 0.717) is 13.2 Å². The highest BCUT2D eigenvalue weighted by Crippen LogP contribution is 2.16. The Morgan fingerprint density at radius 2 is 1.71 bits per heavy atom. The Morgan fingerprint density at radius 1 is 1.12 bits per heavy atom. The maximum atomic E-state index is 5.57. The van der Waals surface area contributed by atoms with E-state index in [2.05, 4.69) is 31.3 Å². The molecule has 3 heteroatoms. The summed E-state index contributed by atoms with van der Waals surface area (Å²) in [6.07, 6.45) is -0.204. The molecule has 0 heterocycles. The number of ether oxygens (including phenoxy) is 2. The molecule has 1 aromatic rings. The zero-order valence-corrected chi connectivity index (χ0v) is 11.2. The summed E-state index contributed by atoms with van der Waals surface area (Å²) in [5, 5.41) is 3.43. The number of benzene rings is 1. The predicted octanol–water partition coefficient (Wildman–Crippen LogP) is 3.19. The van der Waals surface area contributed by atoms with Crippen LogP contribution in [0.25, 0.3) is 0 Å². The zero-order valence-electron chi connectivity index (χ0n) is 11.2. The van der Waals surface area contributed by atoms with Crippen molar-refractivity contribution in [3.8, 4) is 0 Å². The van der Waals surface area contributed by atoms with Crippen molar-refractivity contribution >= 4 is 5.69 Å². The number of aryl methyl sites for hydroxylation is 1. The Hall–Kier alpha value is -1.06. The second kappa shape index (κ2) is 7.30. The van der Waals surface area contributed by atoms with Gasteiger partial charge in [0.25, 0.3) is 0 Å². The first-order valence-corrected chi connectivity index (χ1v) is 6.24. The first-order valence-electron chi connectivity index (χ1n) is 6.24. The minimum atomic E-state index is -0.204. The Balaban J connectivity index is 2.62. The first kappa shape index (κ1) is 14.0. The van der Waals surface area contributed by atoms with Gasteiger partial charge < -0.3 is 14.8 Å². The molecule has 0 saturated heterocycles. The fraction of sp³-hybridized carbons (Fsp3) is 0.571. The molecule has 1 atom stereocenters. The van der Waals surface area contributed by atoms with Gasteiger partial charge in [0.05, 0.1) is 6.04 Å². The number of nitrogens with one attached hydrogen (secondary N) is 1. The van der Waals surface area contributed by atoms with E-state index in [4.69, 9.17) is 9.47 Å². The summed E-state index contributed by atoms with van der Waals surface area (Å²) < 4.78 is 11.1. The molecule has 1 N–H and O–H groups in total. The van der Waals surface area contributed by atoms with E-state index in [0.717, 1.165) is 5.69 Å². The van der Waals surface area contributed by atoms with Crippen LogP contribution < -0.4 is 5.32 Å². The predicted molar refractivity (Wildman–Crippen MR) is 71.3 cm³/mol. The average molecular weight is 237 g/mol. The molecule has 96 valence electrons. The van der Waals surface area contributed by atoms with Gasteiger partial charge in [0.15, 0.2) is 6.29 Å². The smallest absolute Gasteiger partial charge is 0.177 e. The number of para-hydroxylation sites is 1. The molecule has 0 fully saturated rings. The molecule has 0 aromatic heterocycles. The Bertz CT molecular complexity index is 322. The fourth-order valence-electron chi connectivity index (χ4n) is 1.71. The van der Waals surface area contributed by atoms with Crippen molar-refractivity contribution in [1.82, 2.24) is 0 Å². The van der Waals surface area contributed by atoms with Crippen LogP contribution in [0.5, 0.6) is 0 Å². The SMILES string of the molecule is CCOC(OCC)C(C)Nc1ccccc1C. The summed E-state index contributed by atoms with van der Waals surface area (Å²) in [5.41, 5.74) is 2.36. The van der Waals surface area contributed by atoms with E-state index in [9.17, 15) is 0 Å². The lowest BCUT2D eigenvalue weighted by Gasteiger charge is -2.26. The van der Waals surface area contributed by atoms with Crippen molar-refractivity contribution < 1.29 is 9.47 Å². The summed E-state index contributed by atoms with van der Waals surface area (Å²) in [5.74, 6) is 0. The van der Waals surface area contributed by atoms with E-state index < -0.39 is 0 Å². The van der Waals surface area contributed by atoms with Crippen LogP contribution in [0.3, 0.4) is 0 Å². The van der Waals surface area contributed by atoms with E-state index in [1.807, 2.05) is 26.0 Å². The molecule has 0 saturated carbocycles. The van der Waals surface area contributed by atoms with Crippen LogP contribution in [0.15, 0.2) is 24.3 Å². The number of hydrogen-bond acceptors (Lipinski definition) is 3. The van der Waals surface area contributed by atoms with Gasteiger partial charge in [-0.25, -0.2) is 0 Å². The summed E-state index contributed by atoms with van der Waals surface area (Å²) in [4.78, 5) is 0. The third-order valence-electron chi connectivity index (χ3n) is 2.60. The third kappa shape index (κ3) is 4.36. The van der Waals surface area contributed by atoms with Crippen LogP contribution in [0, 0.1) is 6.92 Å². The van der Waals surface area contributed by atoms with Crippen LogP contribution in [-0.2, 0) is 9.47 Å². The van der Waals surface area contributed by atoms with Gasteiger partial charge >= 0.3 is 0 Å². The van der Waals surface area contributed by atoms with Crippen LogP contribution in [0.4, 0.5) is 5.69 Å². The molecular formula is C14H23NO2. The summed E-state index contributed by atoms with van der Waals surface area (Å²) >= 11 is 0. The molecule has 0 amide bonds. The van der Waals surface area contributed by atoms with Crippen LogP contribution in [-0.4, -0.2) is 25.5 Å². The molecule has 0 aliphatic heterocycles. The maximum absolute atomic E-state index is 5.57. The monoisotopic (exact) mass is 237 g/mol. The highest BCUT2D eigenvalue weighted by atomic mass is 16.7. The molecule has 17 heavy (non-hydrogen) atoms. The number of anilines is 1. The largest absolute Gasteiger partial charge is 0.377 e. The van der Waals surface area contributed by atoms with Gasteiger partial charge in [0.2, 0.25) is 0 Å². The lowest BCUT2D eigenvalue weighted by molar-refractivity contribution is -0.142. The minimum absolute atomic E-state index is 0.121. The van der Waals surface area contributed by atoms with Crippen molar-refractivity contribution in [2.75, 3.05) is 18.5 Å². The minimum Gasteiger partial charge on any atom is -0.377 e. The molecule has 0 aliphatic carbocycles. The molecule has 0 spiro atoms. The van der Waals surface area contributed by atoms with E-state index >= 15 is 0 Å². The lowest BCUT2D eigenvalue weighted by Crippen LogP contribution is -2.35. The average Bonchev–Trinajstić information content (AvgIpc) is 2.32. The Labute approximate surface area is 104 Å². The van der Waals surface area contributed by atoms with Gasteiger partial charge in [0, 0.05) is 18.9 Å². The molecule has 1 unspecified atom stereocenters. The Kier molecular flexibility index (Phi) is 6.01. The number of hydrogen-bond donors (Lipinski definition) is 1. The van der Waals surface area contributed by atoms with Crippen LogP contribution in [0.2, 0.25) is 0 Å². The van der Waals surface area contributed by atoms with Crippen molar-refractivity contribution in [1.29, 1.82) is 0 Å². The molecule has 1 aromatic carbocycles. The lowest BCUT2D eigenvalue weighted by atomic mass is 10.2. The van der Waals surface area contributed by atoms with E-state index in [1.54, 1.807) is 0 Å². The summed E-state index contributed by atoms with van der Waals surface area (Å²) in [6, 6.07) is 8.34. The fourth-order valence-corrected chi connectivity index (χ4v) is 1.71. The highest BCUT2D eigenvalue weighted by molar-refractivity contribution is 5.50. The van der Waals surface area contributed by atoms with Gasteiger partial charge in [-0.1, -0.05) is 18.2 Å². The maximum Gasteiger partial charge on any atom is 0.177 e. The molecule has 3 nitrogen and oxygen atoms in total. The van der Waals surface area contributed by atoms with Gasteiger partial charge in [-0.15, -0.1) is 0 Å². The summed E-state index contributed by atoms with van der Waals surface area (Å²) in [6.45, 7) is 9.43. The highest BCUT2D eigenvalue weighted by Gasteiger charge is 2.17. The molecule has 0 bridgehead atoms. The standard InChI is InChI=1S/C14H23NO2/c1-5-16-14(17-6-2)12(4)15-13-10-8-7-9-11(13)3/h7-10,12,14-15H,5-6H2,1-4H3. The quantitative estimate of drug-likeness (QED) is 0.739. The van der Waals surface area contributed by atoms with Crippen LogP contribution in [0.1, 0.15) is 26.3 Å². The number of rotatable bonds is 7. The molecule has 0 aliphatic rings. The summed E-state index contributed by atoms with van der Waals surface area (Å²) in [7, 11) is 0. The van der Waals surface area contributed by atoms with Crippen molar-refractivity contribution in [2.24, 2.45) is 0 Å². The van der Waals surface area contributed by atoms with Gasteiger partial charge in [-0.3, -0.25) is 0 Å². The second-order valence-corrected chi connectivity index (χ2v) is 4.03. The first-order chi connectivity index (χ1) is 8.19. The molecule has 1 rings (SSSR count). The molecule has 0 radical (unpaired) electrons. The normalized spacial score (nSPS) is 12.8. The van der Waals surface area contributed by atoms with Crippen molar-refractivity contribution in [2.45, 2.75) is 40.0 Å². The van der Waals surface area contributed by atoms with Crippen molar-refractivity contribution in [3.63, 3.8) is 0 Å². The second-order valence-electron chi connectivity index (χ2n) is 4.03. The van der Waals surface area contributed by atoms with E-state index in [1.165, 1.54) is 5.56 Å². The van der Waals surface area contributed by atoms with Crippen molar-refractivity contribution in [3.05, 3.63) is 29.8 Å². The zero-order chi connectivity index (χ0) is 12.7. The molecular weight excluding hydrogens is 214 g/mol. The third-order valence-corrected chi connectivity index (χ3v) is 2.60. The van der Waals surface area contributed by atoms with Crippen LogP contribution >= 0.6 is 0 Å². The van der Waals surface area contributed by atoms with E-state index in [-0.39, 0.29) is 12.3 Å². The van der Waals surface area contributed by atoms with Gasteiger partial charge in [-0.05, 0) is 39.3 Å². The van der Waals surface area contributed by atoms with Gasteiger partial charge in [-0.2, -0.15) is 0 Å². The topological polar surface area (TPSA) is 30.5 Å². The Morgan fingerprint density at radius 3 is 2.24 bits per heavy atom. The van der Waals surface area contributed by atoms with Gasteiger partial charge in [0.1, 0.15) is 0 Å².